The molecule has 3 N–H and O–H groups in total. The van der Waals surface area contributed by atoms with Gasteiger partial charge in [0.05, 0.1) is 24.7 Å². The lowest BCUT2D eigenvalue weighted by Crippen LogP contribution is -2.46. The summed E-state index contributed by atoms with van der Waals surface area (Å²) in [7, 11) is 0. The summed E-state index contributed by atoms with van der Waals surface area (Å²) in [6.45, 7) is -0.254. The van der Waals surface area contributed by atoms with Crippen LogP contribution in [0.3, 0.4) is 0 Å². The van der Waals surface area contributed by atoms with Crippen molar-refractivity contribution in [3.8, 4) is 5.75 Å². The highest BCUT2D eigenvalue weighted by Crippen LogP contribution is 2.47. The zero-order valence-electron chi connectivity index (χ0n) is 14.9. The van der Waals surface area contributed by atoms with E-state index in [0.717, 1.165) is 5.56 Å². The van der Waals surface area contributed by atoms with E-state index >= 15 is 0 Å². The van der Waals surface area contributed by atoms with Gasteiger partial charge >= 0.3 is 5.97 Å². The molecule has 1 aromatic carbocycles. The Morgan fingerprint density at radius 2 is 2.14 bits per heavy atom. The summed E-state index contributed by atoms with van der Waals surface area (Å²) < 4.78 is 11.7. The van der Waals surface area contributed by atoms with Crippen LogP contribution >= 0.6 is 0 Å². The molecule has 1 fully saturated rings. The van der Waals surface area contributed by atoms with Crippen molar-refractivity contribution in [2.45, 2.75) is 37.1 Å². The largest absolute Gasteiger partial charge is 0.487 e. The van der Waals surface area contributed by atoms with E-state index in [0.29, 0.717) is 23.4 Å². The number of carbonyl (C=O) groups is 2. The molecule has 4 rings (SSSR count). The summed E-state index contributed by atoms with van der Waals surface area (Å²) in [5, 5.41) is 21.6. The molecule has 2 aliphatic rings. The van der Waals surface area contributed by atoms with Gasteiger partial charge < -0.3 is 25.0 Å². The quantitative estimate of drug-likeness (QED) is 0.719. The van der Waals surface area contributed by atoms with Crippen molar-refractivity contribution in [2.24, 2.45) is 0 Å². The summed E-state index contributed by atoms with van der Waals surface area (Å²) in [5.41, 5.74) is 1.94. The lowest BCUT2D eigenvalue weighted by Gasteiger charge is -2.36. The second-order valence-electron chi connectivity index (χ2n) is 6.95. The van der Waals surface area contributed by atoms with Gasteiger partial charge in [-0.2, -0.15) is 0 Å². The average molecular weight is 384 g/mol. The molecule has 3 heterocycles. The van der Waals surface area contributed by atoms with Gasteiger partial charge in [-0.15, -0.1) is 0 Å². The minimum absolute atomic E-state index is 0.111. The van der Waals surface area contributed by atoms with E-state index in [1.807, 2.05) is 6.07 Å². The number of pyridine rings is 1. The van der Waals surface area contributed by atoms with Gasteiger partial charge in [0.1, 0.15) is 18.0 Å². The van der Waals surface area contributed by atoms with Gasteiger partial charge in [-0.05, 0) is 36.8 Å². The molecule has 4 atom stereocenters. The standard InChI is InChI=1S/C20H20N2O6/c23-10-17-19-15(7-13(27-17)8-18(24)25)14-6-12(3-4-16(14)28-19)22-20(26)11-2-1-5-21-9-11/h1-6,9,13,15,17,19,23H,7-8,10H2,(H,22,26)(H,24,25)/t13-,15-,17+,19+/m1/s1. The van der Waals surface area contributed by atoms with Gasteiger partial charge in [0, 0.05) is 29.6 Å². The maximum Gasteiger partial charge on any atom is 0.305 e. The van der Waals surface area contributed by atoms with E-state index in [1.165, 1.54) is 6.20 Å². The van der Waals surface area contributed by atoms with Crippen molar-refractivity contribution in [1.29, 1.82) is 0 Å². The van der Waals surface area contributed by atoms with Crippen molar-refractivity contribution in [3.63, 3.8) is 0 Å². The van der Waals surface area contributed by atoms with Crippen LogP contribution in [-0.2, 0) is 9.53 Å². The van der Waals surface area contributed by atoms with Crippen LogP contribution in [0.2, 0.25) is 0 Å². The second-order valence-corrected chi connectivity index (χ2v) is 6.95. The van der Waals surface area contributed by atoms with Crippen LogP contribution in [-0.4, -0.2) is 52.0 Å². The molecule has 1 amide bonds. The minimum atomic E-state index is -0.947. The lowest BCUT2D eigenvalue weighted by atomic mass is 9.84. The maximum absolute atomic E-state index is 12.4. The molecule has 0 unspecified atom stereocenters. The van der Waals surface area contributed by atoms with E-state index in [9.17, 15) is 14.7 Å². The highest BCUT2D eigenvalue weighted by Gasteiger charge is 2.46. The number of ether oxygens (including phenoxy) is 2. The molecule has 146 valence electrons. The zero-order chi connectivity index (χ0) is 19.7. The van der Waals surface area contributed by atoms with Crippen LogP contribution in [0.1, 0.15) is 34.7 Å². The number of hydrogen-bond donors (Lipinski definition) is 3. The van der Waals surface area contributed by atoms with E-state index in [2.05, 4.69) is 10.3 Å². The zero-order valence-corrected chi connectivity index (χ0v) is 14.9. The number of hydrogen-bond acceptors (Lipinski definition) is 6. The number of rotatable bonds is 5. The molecule has 2 aromatic rings. The lowest BCUT2D eigenvalue weighted by molar-refractivity contribution is -0.153. The SMILES string of the molecule is O=C(O)C[C@H]1C[C@@H]2c3cc(NC(=O)c4cccnc4)ccc3O[C@@H]2[C@H](CO)O1. The number of carboxylic acid groups (broad SMARTS) is 1. The van der Waals surface area contributed by atoms with Gasteiger partial charge in [-0.25, -0.2) is 0 Å². The van der Waals surface area contributed by atoms with Crippen LogP contribution in [0.5, 0.6) is 5.75 Å². The molecule has 0 radical (unpaired) electrons. The first kappa shape index (κ1) is 18.4. The number of amides is 1. The molecule has 1 saturated heterocycles. The third-order valence-electron chi connectivity index (χ3n) is 5.08. The molecule has 0 spiro atoms. The van der Waals surface area contributed by atoms with Crippen molar-refractivity contribution in [1.82, 2.24) is 4.98 Å². The number of nitrogens with zero attached hydrogens (tertiary/aromatic N) is 1. The fourth-order valence-electron chi connectivity index (χ4n) is 3.86. The normalized spacial score (nSPS) is 25.3. The third-order valence-corrected chi connectivity index (χ3v) is 5.08. The summed E-state index contributed by atoms with van der Waals surface area (Å²) in [5.74, 6) is -0.669. The van der Waals surface area contributed by atoms with Gasteiger partial charge in [0.25, 0.3) is 5.91 Å². The summed E-state index contributed by atoms with van der Waals surface area (Å²) in [6, 6.07) is 8.72. The van der Waals surface area contributed by atoms with Crippen LogP contribution in [0, 0.1) is 0 Å². The number of carboxylic acids is 1. The smallest absolute Gasteiger partial charge is 0.305 e. The molecule has 8 heteroatoms. The fourth-order valence-corrected chi connectivity index (χ4v) is 3.86. The van der Waals surface area contributed by atoms with Crippen LogP contribution in [0.4, 0.5) is 5.69 Å². The molecule has 8 nitrogen and oxygen atoms in total. The summed E-state index contributed by atoms with van der Waals surface area (Å²) in [4.78, 5) is 27.4. The Morgan fingerprint density at radius 1 is 1.29 bits per heavy atom. The van der Waals surface area contributed by atoms with Crippen molar-refractivity contribution < 1.29 is 29.3 Å². The Hall–Kier alpha value is -2.97. The summed E-state index contributed by atoms with van der Waals surface area (Å²) in [6.07, 6.45) is 1.95. The molecule has 0 saturated carbocycles. The van der Waals surface area contributed by atoms with E-state index in [-0.39, 0.29) is 31.0 Å². The Kier molecular flexibility index (Phi) is 4.97. The van der Waals surface area contributed by atoms with Gasteiger partial charge in [0.2, 0.25) is 0 Å². The van der Waals surface area contributed by atoms with Gasteiger partial charge in [-0.1, -0.05) is 0 Å². The van der Waals surface area contributed by atoms with Crippen molar-refractivity contribution in [2.75, 3.05) is 11.9 Å². The number of carbonyl (C=O) groups excluding carboxylic acids is 1. The van der Waals surface area contributed by atoms with E-state index in [1.54, 1.807) is 30.5 Å². The molecule has 0 bridgehead atoms. The van der Waals surface area contributed by atoms with Crippen LogP contribution in [0.25, 0.3) is 0 Å². The van der Waals surface area contributed by atoms with Gasteiger partial charge in [-0.3, -0.25) is 14.6 Å². The Balaban J connectivity index is 1.56. The van der Waals surface area contributed by atoms with Crippen LogP contribution in [0.15, 0.2) is 42.7 Å². The number of fused-ring (bicyclic) bond motifs is 3. The molecule has 2 aliphatic heterocycles. The molecule has 28 heavy (non-hydrogen) atoms. The number of anilines is 1. The maximum atomic E-state index is 12.4. The Bertz CT molecular complexity index is 888. The third kappa shape index (κ3) is 3.56. The molecule has 0 aliphatic carbocycles. The van der Waals surface area contributed by atoms with Crippen molar-refractivity contribution in [3.05, 3.63) is 53.9 Å². The highest BCUT2D eigenvalue weighted by atomic mass is 16.6. The first-order valence-corrected chi connectivity index (χ1v) is 9.05. The Labute approximate surface area is 161 Å². The monoisotopic (exact) mass is 384 g/mol. The molecular weight excluding hydrogens is 364 g/mol. The topological polar surface area (TPSA) is 118 Å². The number of nitrogens with one attached hydrogen (secondary N) is 1. The number of benzene rings is 1. The average Bonchev–Trinajstić information content (AvgIpc) is 3.05. The number of aromatic nitrogens is 1. The predicted molar refractivity (Wildman–Crippen MR) is 98.4 cm³/mol. The molecular formula is C20H20N2O6. The Morgan fingerprint density at radius 3 is 2.86 bits per heavy atom. The predicted octanol–water partition coefficient (Wildman–Crippen LogP) is 1.80. The first-order chi connectivity index (χ1) is 13.5. The van der Waals surface area contributed by atoms with Gasteiger partial charge in [0.15, 0.2) is 0 Å². The fraction of sp³-hybridized carbons (Fsp3) is 0.350. The molecule has 1 aromatic heterocycles. The minimum Gasteiger partial charge on any atom is -0.487 e. The van der Waals surface area contributed by atoms with E-state index < -0.39 is 18.2 Å². The van der Waals surface area contributed by atoms with Crippen molar-refractivity contribution >= 4 is 17.6 Å². The summed E-state index contributed by atoms with van der Waals surface area (Å²) >= 11 is 0. The number of aliphatic carboxylic acids is 1. The number of aliphatic hydroxyl groups is 1. The first-order valence-electron chi connectivity index (χ1n) is 9.05. The van der Waals surface area contributed by atoms with E-state index in [4.69, 9.17) is 14.6 Å². The highest BCUT2D eigenvalue weighted by molar-refractivity contribution is 6.04. The van der Waals surface area contributed by atoms with Crippen LogP contribution < -0.4 is 10.1 Å². The second kappa shape index (κ2) is 7.57. The number of aliphatic hydroxyl groups excluding tert-OH is 1.